The number of nitrogen functional groups attached to an aromatic ring is 1. The van der Waals surface area contributed by atoms with Crippen molar-refractivity contribution in [1.29, 1.82) is 0 Å². The van der Waals surface area contributed by atoms with E-state index in [1.807, 2.05) is 13.8 Å². The van der Waals surface area contributed by atoms with E-state index in [1.54, 1.807) is 20.9 Å². The number of ether oxygens (including phenoxy) is 1. The molecule has 0 spiro atoms. The number of esters is 1. The Morgan fingerprint density at radius 2 is 1.91 bits per heavy atom. The van der Waals surface area contributed by atoms with Crippen molar-refractivity contribution in [1.82, 2.24) is 9.88 Å². The van der Waals surface area contributed by atoms with Crippen molar-refractivity contribution in [2.24, 2.45) is 5.84 Å². The first kappa shape index (κ1) is 23.3. The van der Waals surface area contributed by atoms with Gasteiger partial charge in [0.15, 0.2) is 11.6 Å². The number of carbonyl (C=O) groups is 2. The number of nitrogens with zero attached hydrogens (tertiary/aromatic N) is 2. The molecule has 1 aromatic carbocycles. The first-order chi connectivity index (χ1) is 14.8. The van der Waals surface area contributed by atoms with Crippen molar-refractivity contribution in [3.05, 3.63) is 52.9 Å². The highest BCUT2D eigenvalue weighted by Crippen LogP contribution is 2.44. The van der Waals surface area contributed by atoms with Gasteiger partial charge in [-0.2, -0.15) is 0 Å². The molecule has 10 heteroatoms. The lowest BCUT2D eigenvalue weighted by Gasteiger charge is -2.31. The summed E-state index contributed by atoms with van der Waals surface area (Å²) in [5, 5.41) is 1.34. The van der Waals surface area contributed by atoms with E-state index < -0.39 is 35.0 Å². The second kappa shape index (κ2) is 8.27. The Balaban J connectivity index is 2.20. The van der Waals surface area contributed by atoms with Crippen molar-refractivity contribution in [2.45, 2.75) is 39.2 Å². The molecule has 32 heavy (non-hydrogen) atoms. The normalized spacial score (nSPS) is 15.2. The average molecular weight is 447 g/mol. The van der Waals surface area contributed by atoms with Crippen LogP contribution in [0, 0.1) is 11.6 Å². The fraction of sp³-hybridized carbons (Fsp3) is 0.364. The topological polar surface area (TPSA) is 118 Å². The molecular weight excluding hydrogens is 420 g/mol. The van der Waals surface area contributed by atoms with Gasteiger partial charge in [-0.15, -0.1) is 0 Å². The predicted molar refractivity (Wildman–Crippen MR) is 117 cm³/mol. The second-order valence-corrected chi connectivity index (χ2v) is 8.69. The van der Waals surface area contributed by atoms with Gasteiger partial charge in [0.05, 0.1) is 23.1 Å². The summed E-state index contributed by atoms with van der Waals surface area (Å²) in [5.74, 6) is 2.80. The maximum Gasteiger partial charge on any atom is 0.342 e. The Morgan fingerprint density at radius 1 is 1.25 bits per heavy atom. The molecule has 2 aromatic rings. The summed E-state index contributed by atoms with van der Waals surface area (Å²) in [4.78, 5) is 30.5. The fourth-order valence-corrected chi connectivity index (χ4v) is 3.87. The van der Waals surface area contributed by atoms with Crippen LogP contribution in [-0.2, 0) is 14.9 Å². The number of hydrogen-bond acceptors (Lipinski definition) is 6. The molecule has 1 aliphatic rings. The summed E-state index contributed by atoms with van der Waals surface area (Å²) in [5.41, 5.74) is 6.92. The minimum Gasteiger partial charge on any atom is -0.459 e. The molecule has 0 unspecified atom stereocenters. The number of halogens is 2. The quantitative estimate of drug-likeness (QED) is 0.377. The van der Waals surface area contributed by atoms with Gasteiger partial charge in [-0.05, 0) is 32.0 Å². The molecule has 1 aromatic heterocycles. The molecule has 0 radical (unpaired) electrons. The van der Waals surface area contributed by atoms with Crippen LogP contribution >= 0.6 is 0 Å². The molecule has 0 atom stereocenters. The highest BCUT2D eigenvalue weighted by molar-refractivity contribution is 6.18. The van der Waals surface area contributed by atoms with Gasteiger partial charge in [-0.25, -0.2) is 19.4 Å². The smallest absolute Gasteiger partial charge is 0.342 e. The third kappa shape index (κ3) is 4.18. The van der Waals surface area contributed by atoms with E-state index in [2.05, 4.69) is 4.98 Å². The number of nitrogens with one attached hydrogen (secondary N) is 1. The minimum atomic E-state index is -1.14. The number of benzene rings is 1. The number of fused-ring (bicyclic) bond motifs is 1. The Bertz CT molecular complexity index is 1110. The summed E-state index contributed by atoms with van der Waals surface area (Å²) in [7, 11) is 1.61. The molecule has 8 nitrogen and oxygen atoms in total. The number of nitrogens with two attached hydrogens (primary N) is 2. The van der Waals surface area contributed by atoms with Crippen LogP contribution < -0.4 is 16.6 Å². The van der Waals surface area contributed by atoms with Gasteiger partial charge in [-0.1, -0.05) is 13.8 Å². The molecule has 0 saturated carbocycles. The molecule has 2 heterocycles. The van der Waals surface area contributed by atoms with Gasteiger partial charge in [0.1, 0.15) is 5.82 Å². The molecule has 0 saturated heterocycles. The molecule has 5 N–H and O–H groups in total. The van der Waals surface area contributed by atoms with E-state index in [0.717, 1.165) is 12.1 Å². The first-order valence-corrected chi connectivity index (χ1v) is 10.0. The zero-order valence-electron chi connectivity index (χ0n) is 18.6. The monoisotopic (exact) mass is 447 g/mol. The van der Waals surface area contributed by atoms with Crippen LogP contribution in [0.5, 0.6) is 0 Å². The Kier molecular flexibility index (Phi) is 6.01. The summed E-state index contributed by atoms with van der Waals surface area (Å²) in [6.45, 7) is 7.23. The number of rotatable bonds is 4. The molecule has 3 rings (SSSR count). The molecule has 1 amide bonds. The number of aromatic nitrogens is 1. The van der Waals surface area contributed by atoms with Crippen LogP contribution in [-0.4, -0.2) is 41.5 Å². The highest BCUT2D eigenvalue weighted by atomic mass is 19.2. The number of carbonyl (C=O) groups excluding carboxylic acids is 2. The number of amides is 1. The Hall–Kier alpha value is -3.40. The number of anilines is 2. The first-order valence-electron chi connectivity index (χ1n) is 10.0. The second-order valence-electron chi connectivity index (χ2n) is 8.69. The zero-order valence-corrected chi connectivity index (χ0v) is 18.6. The van der Waals surface area contributed by atoms with Crippen LogP contribution in [0.25, 0.3) is 5.57 Å². The molecule has 172 valence electrons. The fourth-order valence-electron chi connectivity index (χ4n) is 3.87. The third-order valence-electron chi connectivity index (χ3n) is 5.14. The van der Waals surface area contributed by atoms with Crippen molar-refractivity contribution < 1.29 is 23.1 Å². The maximum atomic E-state index is 13.8. The Labute approximate surface area is 184 Å². The zero-order chi connectivity index (χ0) is 24.0. The number of hydrazine groups is 1. The highest BCUT2D eigenvalue weighted by Gasteiger charge is 2.39. The van der Waals surface area contributed by atoms with Gasteiger partial charge in [-0.3, -0.25) is 4.79 Å². The van der Waals surface area contributed by atoms with E-state index in [1.165, 1.54) is 22.2 Å². The van der Waals surface area contributed by atoms with E-state index in [4.69, 9.17) is 16.3 Å². The third-order valence-corrected chi connectivity index (χ3v) is 5.14. The van der Waals surface area contributed by atoms with E-state index >= 15 is 0 Å². The molecular formula is C22H27F2N5O3. The lowest BCUT2D eigenvalue weighted by atomic mass is 9.82. The number of H-pyrrole nitrogens is 1. The molecule has 0 bridgehead atoms. The number of hydrogen-bond donors (Lipinski definition) is 3. The van der Waals surface area contributed by atoms with Gasteiger partial charge >= 0.3 is 5.97 Å². The van der Waals surface area contributed by atoms with Gasteiger partial charge in [0.2, 0.25) is 0 Å². The van der Waals surface area contributed by atoms with Crippen LogP contribution in [0.15, 0.2) is 24.4 Å². The van der Waals surface area contributed by atoms with E-state index in [9.17, 15) is 18.4 Å². The van der Waals surface area contributed by atoms with Crippen LogP contribution in [0.2, 0.25) is 0 Å². The Morgan fingerprint density at radius 3 is 2.47 bits per heavy atom. The summed E-state index contributed by atoms with van der Waals surface area (Å²) in [6.07, 6.45) is 0.931. The summed E-state index contributed by atoms with van der Waals surface area (Å²) >= 11 is 0. The minimum absolute atomic E-state index is 0.0613. The molecule has 1 aliphatic heterocycles. The summed E-state index contributed by atoms with van der Waals surface area (Å²) in [6, 6.07) is 2.90. The van der Waals surface area contributed by atoms with Crippen LogP contribution in [0.1, 0.15) is 49.3 Å². The summed E-state index contributed by atoms with van der Waals surface area (Å²) < 4.78 is 32.5. The predicted octanol–water partition coefficient (Wildman–Crippen LogP) is 2.91. The van der Waals surface area contributed by atoms with Crippen molar-refractivity contribution >= 4 is 29.0 Å². The van der Waals surface area contributed by atoms with Crippen molar-refractivity contribution in [3.63, 3.8) is 0 Å². The van der Waals surface area contributed by atoms with E-state index in [-0.39, 0.29) is 23.5 Å². The van der Waals surface area contributed by atoms with Crippen molar-refractivity contribution in [2.75, 3.05) is 24.3 Å². The molecule has 0 fully saturated rings. The lowest BCUT2D eigenvalue weighted by molar-refractivity contribution is -0.140. The van der Waals surface area contributed by atoms with Crippen LogP contribution in [0.4, 0.5) is 20.3 Å². The van der Waals surface area contributed by atoms with E-state index in [0.29, 0.717) is 16.9 Å². The number of aromatic amines is 1. The average Bonchev–Trinajstić information content (AvgIpc) is 2.98. The van der Waals surface area contributed by atoms with Gasteiger partial charge < -0.3 is 25.4 Å². The van der Waals surface area contributed by atoms with Gasteiger partial charge in [0.25, 0.3) is 5.91 Å². The van der Waals surface area contributed by atoms with Gasteiger partial charge in [0, 0.05) is 36.3 Å². The molecule has 0 aliphatic carbocycles. The van der Waals surface area contributed by atoms with Crippen molar-refractivity contribution in [3.8, 4) is 0 Å². The SMILES string of the molecule is CC(C)OC(=O)C1=CN(C(=O)c2ccc(F)c(F)c2)CC(C)(C)c2c1[nH]c(N)c2N(C)N. The standard InChI is InChI=1S/C22H27F2N5O3/c1-11(2)32-21(31)13-9-29(20(30)12-6-7-14(23)15(24)8-12)10-22(3,4)16-17(13)27-19(25)18(16)28(5)26/h6-9,11,27H,10,25-26H2,1-5H3. The lowest BCUT2D eigenvalue weighted by Crippen LogP contribution is -2.38. The maximum absolute atomic E-state index is 13.8. The largest absolute Gasteiger partial charge is 0.459 e. The van der Waals surface area contributed by atoms with Crippen LogP contribution in [0.3, 0.4) is 0 Å².